The lowest BCUT2D eigenvalue weighted by Crippen LogP contribution is -2.45. The maximum Gasteiger partial charge on any atom is 0.143 e. The molecule has 0 aliphatic carbocycles. The number of hydrogen-bond acceptors (Lipinski definition) is 4. The molecule has 74 valence electrons. The van der Waals surface area contributed by atoms with Crippen LogP contribution < -0.4 is 0 Å². The van der Waals surface area contributed by atoms with Crippen molar-refractivity contribution >= 4 is 7.85 Å². The summed E-state index contributed by atoms with van der Waals surface area (Å²) in [6, 6.07) is 0.105. The lowest BCUT2D eigenvalue weighted by molar-refractivity contribution is -0.144. The van der Waals surface area contributed by atoms with Crippen molar-refractivity contribution < 1.29 is 18.9 Å². The Kier molecular flexibility index (Phi) is 2.36. The predicted octanol–water partition coefficient (Wildman–Crippen LogP) is -1.23. The number of fused-ring (bicyclic) bond motifs is 2. The van der Waals surface area contributed by atoms with Gasteiger partial charge in [-0.1, -0.05) is 0 Å². The Bertz CT molecular complexity index is 201. The average Bonchev–Trinajstić information content (AvgIpc) is 2.55. The molecule has 3 unspecified atom stereocenters. The van der Waals surface area contributed by atoms with Crippen molar-refractivity contribution in [3.05, 3.63) is 0 Å². The molecular formula is C8H15BO4. The molecular weight excluding hydrogens is 171 g/mol. The monoisotopic (exact) mass is 186 g/mol. The molecule has 0 aromatic heterocycles. The lowest BCUT2D eigenvalue weighted by Gasteiger charge is -2.29. The third-order valence-corrected chi connectivity index (χ3v) is 2.86. The molecule has 4 atom stereocenters. The quantitative estimate of drug-likeness (QED) is 0.517. The molecule has 13 heavy (non-hydrogen) atoms. The van der Waals surface area contributed by atoms with Crippen molar-refractivity contribution in [2.24, 2.45) is 0 Å². The Morgan fingerprint density at radius 3 is 2.85 bits per heavy atom. The van der Waals surface area contributed by atoms with E-state index in [2.05, 4.69) is 0 Å². The number of rotatable bonds is 3. The van der Waals surface area contributed by atoms with E-state index >= 15 is 0 Å². The first kappa shape index (κ1) is 9.46. The highest BCUT2D eigenvalue weighted by Crippen LogP contribution is 2.40. The van der Waals surface area contributed by atoms with E-state index in [0.717, 1.165) is 0 Å². The Morgan fingerprint density at radius 2 is 2.31 bits per heavy atom. The van der Waals surface area contributed by atoms with Crippen LogP contribution in [0.4, 0.5) is 0 Å². The molecule has 0 aromatic carbocycles. The Hall–Kier alpha value is -0.0951. The van der Waals surface area contributed by atoms with Crippen LogP contribution in [-0.2, 0) is 18.9 Å². The van der Waals surface area contributed by atoms with Gasteiger partial charge in [-0.2, -0.15) is 0 Å². The van der Waals surface area contributed by atoms with Crippen LogP contribution in [0.15, 0.2) is 0 Å². The molecule has 2 rings (SSSR count). The van der Waals surface area contributed by atoms with Gasteiger partial charge < -0.3 is 18.9 Å². The summed E-state index contributed by atoms with van der Waals surface area (Å²) in [6.07, 6.45) is 0.0857. The molecule has 4 nitrogen and oxygen atoms in total. The van der Waals surface area contributed by atoms with Crippen LogP contribution in [0.2, 0.25) is 0 Å². The summed E-state index contributed by atoms with van der Waals surface area (Å²) in [5, 5.41) is 0. The van der Waals surface area contributed by atoms with Gasteiger partial charge in [0.05, 0.1) is 19.2 Å². The fraction of sp³-hybridized carbons (Fsp3) is 1.00. The molecule has 0 amide bonds. The van der Waals surface area contributed by atoms with Gasteiger partial charge in [-0.05, 0) is 0 Å². The highest BCUT2D eigenvalue weighted by Gasteiger charge is 2.60. The maximum atomic E-state index is 5.82. The fourth-order valence-corrected chi connectivity index (χ4v) is 2.38. The van der Waals surface area contributed by atoms with Gasteiger partial charge in [-0.3, -0.25) is 0 Å². The topological polar surface area (TPSA) is 36.9 Å². The number of ether oxygens (including phenoxy) is 4. The normalized spacial score (nSPS) is 48.6. The highest BCUT2D eigenvalue weighted by molar-refractivity contribution is 6.11. The van der Waals surface area contributed by atoms with Gasteiger partial charge in [0.25, 0.3) is 0 Å². The van der Waals surface area contributed by atoms with Gasteiger partial charge >= 0.3 is 0 Å². The second-order valence-electron chi connectivity index (χ2n) is 3.75. The zero-order chi connectivity index (χ0) is 9.47. The standard InChI is InChI=1S/C8H15BO4/c1-10-3-8-4-12-5(6(8)11-2)7(9)13-8/h5-7H,3-4,9H2,1-2H3/t5?,6?,7?,8-/m0/s1. The zero-order valence-corrected chi connectivity index (χ0v) is 8.28. The zero-order valence-electron chi connectivity index (χ0n) is 8.28. The third-order valence-electron chi connectivity index (χ3n) is 2.86. The van der Waals surface area contributed by atoms with Gasteiger partial charge in [0, 0.05) is 14.2 Å². The van der Waals surface area contributed by atoms with Crippen LogP contribution in [0.5, 0.6) is 0 Å². The summed E-state index contributed by atoms with van der Waals surface area (Å²) in [5.74, 6) is 0. The van der Waals surface area contributed by atoms with Crippen molar-refractivity contribution in [2.75, 3.05) is 27.4 Å². The minimum absolute atomic E-state index is 0.0162. The first-order valence-corrected chi connectivity index (χ1v) is 4.54. The second-order valence-corrected chi connectivity index (χ2v) is 3.75. The van der Waals surface area contributed by atoms with Gasteiger partial charge in [0.1, 0.15) is 25.7 Å². The van der Waals surface area contributed by atoms with Crippen LogP contribution in [0, 0.1) is 0 Å². The molecule has 0 spiro atoms. The van der Waals surface area contributed by atoms with Gasteiger partial charge in [0.2, 0.25) is 0 Å². The number of methoxy groups -OCH3 is 2. The highest BCUT2D eigenvalue weighted by atomic mass is 16.7. The van der Waals surface area contributed by atoms with Crippen LogP contribution in [-0.4, -0.2) is 59.1 Å². The summed E-state index contributed by atoms with van der Waals surface area (Å²) in [5.41, 5.74) is -0.367. The van der Waals surface area contributed by atoms with Crippen molar-refractivity contribution in [2.45, 2.75) is 23.8 Å². The van der Waals surface area contributed by atoms with Crippen LogP contribution in [0.25, 0.3) is 0 Å². The molecule has 2 fully saturated rings. The first-order chi connectivity index (χ1) is 6.23. The maximum absolute atomic E-state index is 5.82. The predicted molar refractivity (Wildman–Crippen MR) is 48.6 cm³/mol. The van der Waals surface area contributed by atoms with E-state index < -0.39 is 0 Å². The fourth-order valence-electron chi connectivity index (χ4n) is 2.38. The summed E-state index contributed by atoms with van der Waals surface area (Å²) < 4.78 is 21.9. The van der Waals surface area contributed by atoms with Crippen LogP contribution in [0.3, 0.4) is 0 Å². The lowest BCUT2D eigenvalue weighted by atomic mass is 9.92. The summed E-state index contributed by atoms with van der Waals surface area (Å²) in [7, 11) is 5.37. The Balaban J connectivity index is 2.17. The van der Waals surface area contributed by atoms with E-state index in [1.165, 1.54) is 0 Å². The Labute approximate surface area is 78.9 Å². The molecule has 2 saturated heterocycles. The first-order valence-electron chi connectivity index (χ1n) is 4.54. The summed E-state index contributed by atoms with van der Waals surface area (Å²) >= 11 is 0. The smallest absolute Gasteiger partial charge is 0.143 e. The van der Waals surface area contributed by atoms with E-state index in [4.69, 9.17) is 18.9 Å². The molecule has 5 heteroatoms. The third kappa shape index (κ3) is 1.22. The van der Waals surface area contributed by atoms with Crippen LogP contribution >= 0.6 is 0 Å². The molecule has 2 heterocycles. The van der Waals surface area contributed by atoms with E-state index in [1.807, 2.05) is 7.85 Å². The van der Waals surface area contributed by atoms with Crippen molar-refractivity contribution in [1.29, 1.82) is 0 Å². The number of hydrogen-bond donors (Lipinski definition) is 0. The van der Waals surface area contributed by atoms with Crippen molar-refractivity contribution in [3.8, 4) is 0 Å². The molecule has 0 N–H and O–H groups in total. The summed E-state index contributed by atoms with van der Waals surface area (Å²) in [6.45, 7) is 1.11. The largest absolute Gasteiger partial charge is 0.381 e. The van der Waals surface area contributed by atoms with Crippen LogP contribution in [0.1, 0.15) is 0 Å². The SMILES string of the molecule is BC1O[C@@]2(COC)COC1C2OC. The van der Waals surface area contributed by atoms with Gasteiger partial charge in [0.15, 0.2) is 0 Å². The Morgan fingerprint density at radius 1 is 1.54 bits per heavy atom. The molecule has 0 aromatic rings. The van der Waals surface area contributed by atoms with E-state index in [0.29, 0.717) is 13.2 Å². The summed E-state index contributed by atoms with van der Waals surface area (Å²) in [4.78, 5) is 0. The van der Waals surface area contributed by atoms with Gasteiger partial charge in [-0.25, -0.2) is 0 Å². The van der Waals surface area contributed by atoms with E-state index in [9.17, 15) is 0 Å². The van der Waals surface area contributed by atoms with Crippen molar-refractivity contribution in [1.82, 2.24) is 0 Å². The minimum Gasteiger partial charge on any atom is -0.381 e. The van der Waals surface area contributed by atoms with E-state index in [-0.39, 0.29) is 23.8 Å². The molecule has 2 aliphatic rings. The van der Waals surface area contributed by atoms with E-state index in [1.54, 1.807) is 14.2 Å². The molecule has 0 saturated carbocycles. The molecule has 0 radical (unpaired) electrons. The molecule has 2 bridgehead atoms. The minimum atomic E-state index is -0.367. The molecule has 2 aliphatic heterocycles. The van der Waals surface area contributed by atoms with Crippen molar-refractivity contribution in [3.63, 3.8) is 0 Å². The second kappa shape index (κ2) is 3.24. The average molecular weight is 186 g/mol. The van der Waals surface area contributed by atoms with Gasteiger partial charge in [-0.15, -0.1) is 0 Å².